The summed E-state index contributed by atoms with van der Waals surface area (Å²) in [5.41, 5.74) is 25.1. The number of H-pyrrole nitrogens is 3. The van der Waals surface area contributed by atoms with Crippen LogP contribution in [0.2, 0.25) is 0 Å². The molecule has 0 radical (unpaired) electrons. The number of hydrogen-bond acceptors (Lipinski definition) is 32. The Morgan fingerprint density at radius 3 is 1.34 bits per heavy atom. The Bertz CT molecular complexity index is 8240. The molecule has 15 heterocycles. The number of fused-ring (bicyclic) bond motifs is 15. The molecule has 12 aromatic heterocycles. The number of sulfone groups is 2. The Morgan fingerprint density at radius 1 is 0.493 bits per heavy atom. The van der Waals surface area contributed by atoms with Gasteiger partial charge in [0.2, 0.25) is 19.7 Å². The number of nitrogens with two attached hydrogens (primary N) is 3. The number of amides is 2. The summed E-state index contributed by atoms with van der Waals surface area (Å²) in [6.07, 6.45) is 11.5. The standard InChI is InChI=1S/C32H33FN4O8S2.C30H31FN8O3.C25H23FN8O.C8H6N2O.C6H12N2.CH4.37H2/c1-32(2,3)45-31(38)37(4)25-16-21(33)15-24-26-28(34-27(24)25)35-30(47(41,42)18-20-9-13-23(44-6)14-10-20)36-29(26)46(39,40)17-19-7-11-22(43-5)12-8-19;1-30(2,3)42-29(40)38(4)23-10-16(31)9-18-24-26(35-25(18)23)36-28(37-27(24)39-13-15-8-20(32)19(15)14-39)41-17-11-22-21(34-12-17)6-5-7-33-22;1-28-20-7-13(26)6-15-21-23(31-22(15)20)32-25(33-24(21)34-10-12-5-17(27)16(12)11-34)35-14-8-19-18(30-9-14)3-2-4-29-19;11-6-4-8-7(10-5-6)2-1-3-9-8;7-6-1-4-2-8-3-5(4)6;;;;;;;;;;;;;;;;;;;;;;;;;;;;;;;;;;;;;;/h7-16H,17-18H2,1-6H3,(H,34,35,36);5-7,9-12,15,19-20H,8,13-14,32H2,1-4H3,(H,35,36,37);2-4,6-9,12,16-17,28H,5,10-11,27H2,1H3,(H,31,32,33);1-5,11H;4-6,8H,1-3,7H2;1H4;37*1H/t;15-,19+,20-;12-,16+,17-;;4?,5-,6+;;;;;;;;;;;;;;;;;;;;;;;;;;;;;;;;;;;;;;/m.11.0....................................../s1/i;;;;;;37*1+1D. The lowest BCUT2D eigenvalue weighted by Gasteiger charge is -2.36. The number of nitrogens with zero attached hydrogens (tertiary/aromatic N) is 16. The number of benzene rings is 5. The molecule has 0 bridgehead atoms. The molecule has 2 amide bonds. The number of aromatic nitrogens is 15. The zero-order chi connectivity index (χ0) is 175. The van der Waals surface area contributed by atoms with Gasteiger partial charge in [-0.3, -0.25) is 39.7 Å². The normalized spacial score (nSPS) is 20.9. The number of carbonyl (C=O) groups is 2. The van der Waals surface area contributed by atoms with E-state index in [1.165, 1.54) is 76.1 Å². The molecule has 0 spiro atoms. The van der Waals surface area contributed by atoms with Gasteiger partial charge in [0.05, 0.1) is 127 Å². The number of ether oxygens (including phenoxy) is 6. The fraction of sp³-hybridized carbons (Fsp3) is 0.333. The lowest BCUT2D eigenvalue weighted by atomic mass is 9.72. The van der Waals surface area contributed by atoms with E-state index in [4.69, 9.17) is 171 Å². The van der Waals surface area contributed by atoms with Gasteiger partial charge in [-0.15, -0.1) is 0 Å². The zero-order valence-corrected chi connectivity index (χ0v) is 81.5. The second-order valence-electron chi connectivity index (χ2n) is 38.4. The highest BCUT2D eigenvalue weighted by molar-refractivity contribution is 7.91. The van der Waals surface area contributed by atoms with Gasteiger partial charge in [-0.05, 0) is 218 Å². The largest absolute Gasteiger partial charge is 0.506 e. The molecule has 3 aliphatic heterocycles. The molecule has 37 nitrogen and oxygen atoms in total. The predicted molar refractivity (Wildman–Crippen MR) is 622 cm³/mol. The molecule has 6 aliphatic rings. The second-order valence-corrected chi connectivity index (χ2v) is 42.2. The van der Waals surface area contributed by atoms with Crippen molar-refractivity contribution in [3.05, 3.63) is 205 Å². The van der Waals surface area contributed by atoms with Crippen molar-refractivity contribution in [1.82, 2.24) is 80.1 Å². The summed E-state index contributed by atoms with van der Waals surface area (Å²) in [6, 6.07) is 37.9. The maximum Gasteiger partial charge on any atom is 0.414 e. The minimum absolute atomic E-state index is 0. The molecule has 1 unspecified atom stereocenters. The summed E-state index contributed by atoms with van der Waals surface area (Å²) in [7, 11) is -1.08. The summed E-state index contributed by atoms with van der Waals surface area (Å²) < 4.78 is 504. The van der Waals surface area contributed by atoms with Gasteiger partial charge in [-0.25, -0.2) is 49.6 Å². The molecule has 17 aromatic rings. The third-order valence-corrected chi connectivity index (χ3v) is 29.4. The average Bonchev–Trinajstić information content (AvgIpc) is 1.57. The van der Waals surface area contributed by atoms with Gasteiger partial charge in [-0.1, -0.05) is 31.7 Å². The van der Waals surface area contributed by atoms with E-state index in [2.05, 4.69) is 85.2 Å². The molecule has 12 N–H and O–H groups in total. The first kappa shape index (κ1) is 63.0. The van der Waals surface area contributed by atoms with E-state index >= 15 is 8.78 Å². The number of pyridine rings is 6. The molecular formula is C102H183F3N24O13S2. The number of methoxy groups -OCH3 is 2. The van der Waals surface area contributed by atoms with Crippen molar-refractivity contribution >= 4 is 159 Å². The Morgan fingerprint density at radius 2 is 0.910 bits per heavy atom. The van der Waals surface area contributed by atoms with E-state index < -0.39 is 76.4 Å². The Kier molecular flexibility index (Phi) is 17.4. The van der Waals surface area contributed by atoms with Crippen LogP contribution >= 0.6 is 0 Å². The van der Waals surface area contributed by atoms with Gasteiger partial charge in [0, 0.05) is 228 Å². The Labute approximate surface area is 939 Å². The minimum atomic E-state index is -4.39. The van der Waals surface area contributed by atoms with E-state index in [1.807, 2.05) is 42.5 Å². The number of nitrogens with one attached hydrogen (secondary N) is 5. The number of halogens is 3. The van der Waals surface area contributed by atoms with Gasteiger partial charge in [0.15, 0.2) is 16.5 Å². The van der Waals surface area contributed by atoms with Crippen LogP contribution in [0.15, 0.2) is 187 Å². The van der Waals surface area contributed by atoms with Crippen molar-refractivity contribution in [2.75, 3.05) is 99.5 Å². The van der Waals surface area contributed by atoms with Crippen molar-refractivity contribution in [3.63, 3.8) is 0 Å². The lowest BCUT2D eigenvalue weighted by molar-refractivity contribution is 0.0579. The van der Waals surface area contributed by atoms with Gasteiger partial charge in [0.25, 0.3) is 5.16 Å². The van der Waals surface area contributed by atoms with E-state index in [1.54, 1.807) is 147 Å². The highest BCUT2D eigenvalue weighted by Crippen LogP contribution is 2.49. The summed E-state index contributed by atoms with van der Waals surface area (Å²) in [5, 5.41) is 16.7. The lowest BCUT2D eigenvalue weighted by Crippen LogP contribution is -2.46. The smallest absolute Gasteiger partial charge is 0.414 e. The highest BCUT2D eigenvalue weighted by Gasteiger charge is 2.48. The van der Waals surface area contributed by atoms with Gasteiger partial charge in [0.1, 0.15) is 74.5 Å². The molecule has 6 fully saturated rings. The van der Waals surface area contributed by atoms with Gasteiger partial charge >= 0.3 is 24.2 Å². The maximum atomic E-state index is 15.2. The third-order valence-electron chi connectivity index (χ3n) is 26.4. The predicted octanol–water partition coefficient (Wildman–Crippen LogP) is 25.2. The average molecular weight is 2150 g/mol. The summed E-state index contributed by atoms with van der Waals surface area (Å²) in [5.74, 6) is 4.31. The monoisotopic (exact) mass is 2150 g/mol. The number of anilines is 5. The van der Waals surface area contributed by atoms with Crippen LogP contribution in [0.4, 0.5) is 51.5 Å². The van der Waals surface area contributed by atoms with Crippen LogP contribution in [0.5, 0.6) is 40.8 Å². The topological polar surface area (TPSA) is 495 Å². The SMILES string of the molecule is C.CN(C(=O)OC(C)(C)C)c1cc(F)cc2c1[nH]c1nc(Oc3cnc4cccnc4c3)nc(N3C[C@H]4C[C@@H](N)[C@H]4C3)c12.CNc1cc(F)cc2c1[nH]c1nc(Oc3cnc4cccnc4c3)nc(N3C[C@H]4C[C@@H](N)[C@H]4C3)c12.COc1ccc(CS(=O)(=O)c2nc(S(=O)(=O)Cc3ccc(OC)cc3)c3c(n2)[nH]c2c(N(C)C(=O)OC(C)(C)C)cc(F)cc23)cc1.N[C@@H]1CC2CNC[C@@H]21.Oc1cnc2cccnc2c1.[2H][2H].[2H][2H].[2H][2H].[2H][2H].[2H][2H].[2H][2H].[2H][2H].[2H][2H].[2H][2H].[2H][2H].[2H][2H].[2H][2H].[2H][2H].[2H][2H].[2H][2H].[2H][2H].[2H][2H].[2H][2H].[2H][2H].[2H][2H].[2H][2H].[2H][2H].[2H][2H].[2H][2H].[2H][2H].[2H][2H].[2H][2H].[2H][2H].[2H][2H].[2H][2H].[2H][2H].[2H][2H].[2H][2H].[2H][2H].[2H][2H].[2H][2H].[2H][2H]. The minimum Gasteiger partial charge on any atom is -0.506 e. The van der Waals surface area contributed by atoms with Gasteiger partial charge in [-0.2, -0.15) is 19.9 Å². The number of rotatable bonds is 17. The Balaban J connectivity index is -0.000000117. The molecule has 23 rings (SSSR count). The zero-order valence-electron chi connectivity index (χ0n) is 154. The number of aromatic amines is 3. The number of hydrogen-bond donors (Lipinski definition) is 9. The van der Waals surface area contributed by atoms with Crippen molar-refractivity contribution in [1.29, 1.82) is 0 Å². The fourth-order valence-corrected chi connectivity index (χ4v) is 22.0. The molecule has 3 aliphatic carbocycles. The maximum absolute atomic E-state index is 15.2. The number of carbonyl (C=O) groups excluding carboxylic acids is 2. The summed E-state index contributed by atoms with van der Waals surface area (Å²) in [4.78, 5) is 95.2. The third kappa shape index (κ3) is 20.5. The Hall–Kier alpha value is -15.1. The van der Waals surface area contributed by atoms with E-state index in [-0.39, 0.29) is 70.7 Å². The molecule has 5 aromatic carbocycles. The molecule has 3 saturated heterocycles. The highest BCUT2D eigenvalue weighted by atomic mass is 32.2. The quantitative estimate of drug-likeness (QED) is 0.0302. The summed E-state index contributed by atoms with van der Waals surface area (Å²) >= 11 is 0. The van der Waals surface area contributed by atoms with Crippen molar-refractivity contribution in [2.24, 2.45) is 52.7 Å². The molecule has 822 valence electrons. The van der Waals surface area contributed by atoms with Crippen LogP contribution < -0.4 is 66.4 Å². The first-order valence-corrected chi connectivity index (χ1v) is 49.7. The van der Waals surface area contributed by atoms with Crippen LogP contribution in [0.3, 0.4) is 0 Å². The summed E-state index contributed by atoms with van der Waals surface area (Å²) in [6.45, 7) is 15.9. The van der Waals surface area contributed by atoms with Crippen LogP contribution in [-0.2, 0) is 40.7 Å². The van der Waals surface area contributed by atoms with E-state index in [0.29, 0.717) is 120 Å². The van der Waals surface area contributed by atoms with Crippen LogP contribution in [0.25, 0.3) is 98.9 Å². The fourth-order valence-electron chi connectivity index (χ4n) is 19.2. The van der Waals surface area contributed by atoms with Crippen molar-refractivity contribution < 1.29 is 183 Å². The number of aromatic hydroxyl groups is 1. The van der Waals surface area contributed by atoms with Gasteiger partial charge < -0.3 is 86.1 Å². The van der Waals surface area contributed by atoms with Crippen molar-refractivity contribution in [2.45, 2.75) is 119 Å². The molecule has 9 atom stereocenters. The first-order valence-electron chi connectivity index (χ1n) is 83.4. The first-order chi connectivity index (χ1) is 105. The molecule has 3 saturated carbocycles. The van der Waals surface area contributed by atoms with Crippen LogP contribution in [-0.4, -0.2) is 213 Å². The second kappa shape index (κ2) is 39.6. The van der Waals surface area contributed by atoms with E-state index in [9.17, 15) is 30.8 Å². The molecular weight excluding hydrogens is 1890 g/mol. The van der Waals surface area contributed by atoms with Crippen LogP contribution in [0, 0.1) is 53.0 Å². The molecule has 42 heteroatoms. The van der Waals surface area contributed by atoms with Crippen LogP contribution in [0.1, 0.15) is 189 Å². The van der Waals surface area contributed by atoms with Crippen molar-refractivity contribution in [3.8, 4) is 40.8 Å². The molecule has 144 heavy (non-hydrogen) atoms. The van der Waals surface area contributed by atoms with E-state index in [0.717, 1.165) is 112 Å².